The first kappa shape index (κ1) is 21.4. The third kappa shape index (κ3) is 6.03. The van der Waals surface area contributed by atoms with E-state index >= 15 is 0 Å². The fraction of sp³-hybridized carbons (Fsp3) is 0.400. The molecule has 0 unspecified atom stereocenters. The number of hydrogen-bond donors (Lipinski definition) is 4. The Bertz CT molecular complexity index is 712. The van der Waals surface area contributed by atoms with E-state index in [1.54, 1.807) is 24.3 Å². The van der Waals surface area contributed by atoms with Crippen molar-refractivity contribution in [3.05, 3.63) is 47.0 Å². The number of allylic oxidation sites excluding steroid dienone is 2. The minimum Gasteiger partial charge on any atom is -0.391 e. The predicted molar refractivity (Wildman–Crippen MR) is 99.5 cm³/mol. The number of aliphatic hydroxyl groups is 1. The van der Waals surface area contributed by atoms with Crippen LogP contribution in [0, 0.1) is 11.8 Å². The van der Waals surface area contributed by atoms with Crippen LogP contribution in [0.25, 0.3) is 0 Å². The molecule has 1 aliphatic rings. The Morgan fingerprint density at radius 3 is 2.38 bits per heavy atom. The molecule has 0 radical (unpaired) electrons. The van der Waals surface area contributed by atoms with Crippen LogP contribution in [0.1, 0.15) is 56.0 Å². The average Bonchev–Trinajstić information content (AvgIpc) is 2.64. The van der Waals surface area contributed by atoms with E-state index in [9.17, 15) is 14.7 Å². The Labute approximate surface area is 154 Å². The van der Waals surface area contributed by atoms with E-state index in [-0.39, 0.29) is 7.43 Å². The van der Waals surface area contributed by atoms with Crippen LogP contribution < -0.4 is 10.8 Å². The smallest absolute Gasteiger partial charge is 0.268 e. The summed E-state index contributed by atoms with van der Waals surface area (Å²) in [5, 5.41) is 20.6. The monoisotopic (exact) mass is 358 g/mol. The van der Waals surface area contributed by atoms with Crippen molar-refractivity contribution in [2.24, 2.45) is 0 Å². The molecule has 0 bridgehead atoms. The molecule has 0 aliphatic heterocycles. The Hall–Kier alpha value is -2.62. The van der Waals surface area contributed by atoms with E-state index in [0.29, 0.717) is 5.56 Å². The molecule has 6 nitrogen and oxygen atoms in total. The van der Waals surface area contributed by atoms with E-state index in [1.165, 1.54) is 25.2 Å². The van der Waals surface area contributed by atoms with Crippen LogP contribution in [-0.2, 0) is 4.79 Å². The van der Waals surface area contributed by atoms with Crippen molar-refractivity contribution in [3.63, 3.8) is 0 Å². The molecule has 1 aromatic rings. The third-order valence-corrected chi connectivity index (χ3v) is 3.97. The van der Waals surface area contributed by atoms with Gasteiger partial charge in [-0.25, -0.2) is 5.48 Å². The number of hydroxylamine groups is 1. The number of nitrogens with one attached hydrogen (secondary N) is 2. The van der Waals surface area contributed by atoms with Gasteiger partial charge in [-0.1, -0.05) is 25.3 Å². The molecular formula is C20H26N2O4. The molecule has 2 atom stereocenters. The molecule has 4 N–H and O–H groups in total. The van der Waals surface area contributed by atoms with Gasteiger partial charge in [0.15, 0.2) is 0 Å². The average molecular weight is 358 g/mol. The highest BCUT2D eigenvalue weighted by atomic mass is 16.5. The van der Waals surface area contributed by atoms with E-state index in [4.69, 9.17) is 5.21 Å². The number of aliphatic hydroxyl groups excluding tert-OH is 1. The van der Waals surface area contributed by atoms with Crippen molar-refractivity contribution in [1.29, 1.82) is 0 Å². The second-order valence-corrected chi connectivity index (χ2v) is 5.97. The zero-order valence-corrected chi connectivity index (χ0v) is 14.1. The molecule has 0 heterocycles. The first-order chi connectivity index (χ1) is 12.0. The van der Waals surface area contributed by atoms with Gasteiger partial charge in [0.05, 0.1) is 6.10 Å². The first-order valence-electron chi connectivity index (χ1n) is 8.25. The lowest BCUT2D eigenvalue weighted by Crippen LogP contribution is -2.51. The van der Waals surface area contributed by atoms with E-state index in [2.05, 4.69) is 23.2 Å². The van der Waals surface area contributed by atoms with Crippen molar-refractivity contribution >= 4 is 11.8 Å². The number of hydrogen-bond acceptors (Lipinski definition) is 4. The standard InChI is InChI=1S/C19H22N2O4.CH4/c1-13(22)17(19(24)21-25)20-18(23)16-11-9-15(10-12-16)8-7-14-5-3-2-4-6-14;/h5,9-13,17,22,25H,2-4,6H2,1H3,(H,20,23)(H,21,24);1H4/t13-,17+;/m1./s1. The molecule has 140 valence electrons. The summed E-state index contributed by atoms with van der Waals surface area (Å²) in [6.07, 6.45) is 5.50. The van der Waals surface area contributed by atoms with E-state index in [0.717, 1.165) is 24.0 Å². The van der Waals surface area contributed by atoms with E-state index in [1.807, 2.05) is 0 Å². The summed E-state index contributed by atoms with van der Waals surface area (Å²) in [6, 6.07) is 5.42. The van der Waals surface area contributed by atoms with Gasteiger partial charge in [0.2, 0.25) is 0 Å². The Balaban J connectivity index is 0.00000338. The van der Waals surface area contributed by atoms with Gasteiger partial charge in [-0.3, -0.25) is 14.8 Å². The second kappa shape index (κ2) is 10.4. The molecule has 2 amide bonds. The highest BCUT2D eigenvalue weighted by Gasteiger charge is 2.25. The van der Waals surface area contributed by atoms with Crippen LogP contribution in [-0.4, -0.2) is 34.3 Å². The van der Waals surface area contributed by atoms with Crippen molar-refractivity contribution < 1.29 is 19.9 Å². The summed E-state index contributed by atoms with van der Waals surface area (Å²) in [5.41, 5.74) is 3.71. The van der Waals surface area contributed by atoms with Crippen LogP contribution in [0.15, 0.2) is 35.9 Å². The zero-order valence-electron chi connectivity index (χ0n) is 14.1. The van der Waals surface area contributed by atoms with Gasteiger partial charge in [0.1, 0.15) is 6.04 Å². The molecule has 0 aromatic heterocycles. The quantitative estimate of drug-likeness (QED) is 0.377. The highest BCUT2D eigenvalue weighted by Crippen LogP contribution is 2.16. The van der Waals surface area contributed by atoms with Crippen molar-refractivity contribution in [3.8, 4) is 11.8 Å². The van der Waals surface area contributed by atoms with Crippen LogP contribution >= 0.6 is 0 Å². The number of rotatable bonds is 4. The van der Waals surface area contributed by atoms with Gasteiger partial charge in [0.25, 0.3) is 11.8 Å². The maximum atomic E-state index is 12.2. The zero-order chi connectivity index (χ0) is 18.2. The molecular weight excluding hydrogens is 332 g/mol. The minimum absolute atomic E-state index is 0. The molecule has 0 saturated carbocycles. The van der Waals surface area contributed by atoms with Gasteiger partial charge in [-0.05, 0) is 62.4 Å². The molecule has 26 heavy (non-hydrogen) atoms. The van der Waals surface area contributed by atoms with Crippen molar-refractivity contribution in [2.75, 3.05) is 0 Å². The van der Waals surface area contributed by atoms with Crippen molar-refractivity contribution in [2.45, 2.75) is 52.2 Å². The summed E-state index contributed by atoms with van der Waals surface area (Å²) >= 11 is 0. The van der Waals surface area contributed by atoms with Crippen molar-refractivity contribution in [1.82, 2.24) is 10.8 Å². The minimum atomic E-state index is -1.24. The number of carbonyl (C=O) groups is 2. The summed E-state index contributed by atoms with van der Waals surface area (Å²) in [7, 11) is 0. The Morgan fingerprint density at radius 2 is 1.85 bits per heavy atom. The fourth-order valence-electron chi connectivity index (χ4n) is 2.51. The van der Waals surface area contributed by atoms with Gasteiger partial charge in [-0.2, -0.15) is 0 Å². The number of amides is 2. The molecule has 0 saturated heterocycles. The lowest BCUT2D eigenvalue weighted by atomic mass is 10.00. The van der Waals surface area contributed by atoms with Crippen LogP contribution in [0.3, 0.4) is 0 Å². The molecule has 1 aliphatic carbocycles. The lowest BCUT2D eigenvalue weighted by Gasteiger charge is -2.19. The maximum absolute atomic E-state index is 12.2. The summed E-state index contributed by atoms with van der Waals surface area (Å²) in [6.45, 7) is 1.35. The van der Waals surface area contributed by atoms with Crippen LogP contribution in [0.2, 0.25) is 0 Å². The molecule has 2 rings (SSSR count). The van der Waals surface area contributed by atoms with E-state index < -0.39 is 24.0 Å². The number of carbonyl (C=O) groups excluding carboxylic acids is 2. The fourth-order valence-corrected chi connectivity index (χ4v) is 2.51. The van der Waals surface area contributed by atoms with Crippen LogP contribution in [0.5, 0.6) is 0 Å². The topological polar surface area (TPSA) is 98.7 Å². The van der Waals surface area contributed by atoms with Gasteiger partial charge in [-0.15, -0.1) is 0 Å². The SMILES string of the molecule is C.C[C@@H](O)[C@H](NC(=O)c1ccc(C#CC2=CCCCC2)cc1)C(=O)NO. The normalized spacial score (nSPS) is 15.3. The van der Waals surface area contributed by atoms with Gasteiger partial charge in [0, 0.05) is 11.1 Å². The lowest BCUT2D eigenvalue weighted by molar-refractivity contribution is -0.133. The summed E-state index contributed by atoms with van der Waals surface area (Å²) < 4.78 is 0. The highest BCUT2D eigenvalue weighted by molar-refractivity contribution is 5.97. The van der Waals surface area contributed by atoms with Crippen LogP contribution in [0.4, 0.5) is 0 Å². The maximum Gasteiger partial charge on any atom is 0.268 e. The largest absolute Gasteiger partial charge is 0.391 e. The second-order valence-electron chi connectivity index (χ2n) is 5.97. The predicted octanol–water partition coefficient (Wildman–Crippen LogP) is 2.16. The van der Waals surface area contributed by atoms with Gasteiger partial charge < -0.3 is 10.4 Å². The summed E-state index contributed by atoms with van der Waals surface area (Å²) in [5.74, 6) is 4.83. The molecule has 1 aromatic carbocycles. The summed E-state index contributed by atoms with van der Waals surface area (Å²) in [4.78, 5) is 23.6. The first-order valence-corrected chi connectivity index (χ1v) is 8.25. The number of benzene rings is 1. The Kier molecular flexibility index (Phi) is 8.56. The Morgan fingerprint density at radius 1 is 1.15 bits per heavy atom. The third-order valence-electron chi connectivity index (χ3n) is 3.97. The molecule has 6 heteroatoms. The van der Waals surface area contributed by atoms with Gasteiger partial charge >= 0.3 is 0 Å². The molecule has 0 fully saturated rings. The molecule has 0 spiro atoms.